The summed E-state index contributed by atoms with van der Waals surface area (Å²) in [5, 5.41) is 15.3. The molecule has 202 valence electrons. The van der Waals surface area contributed by atoms with Crippen molar-refractivity contribution in [3.8, 4) is 0 Å². The van der Waals surface area contributed by atoms with Gasteiger partial charge in [0, 0.05) is 56.4 Å². The van der Waals surface area contributed by atoms with Gasteiger partial charge < -0.3 is 19.9 Å². The smallest absolute Gasteiger partial charge is 0.327 e. The molecule has 1 aromatic carbocycles. The number of carbonyl (C=O) groups excluding carboxylic acids is 1. The fourth-order valence-electron chi connectivity index (χ4n) is 5.06. The third kappa shape index (κ3) is 4.88. The lowest BCUT2D eigenvalue weighted by molar-refractivity contribution is -0.154. The van der Waals surface area contributed by atoms with Crippen molar-refractivity contribution in [2.75, 3.05) is 37.6 Å². The van der Waals surface area contributed by atoms with Crippen molar-refractivity contribution in [1.82, 2.24) is 24.0 Å². The quantitative estimate of drug-likeness (QED) is 0.454. The van der Waals surface area contributed by atoms with E-state index >= 15 is 0 Å². The van der Waals surface area contributed by atoms with Crippen LogP contribution in [0.5, 0.6) is 0 Å². The average molecular weight is 563 g/mol. The number of amides is 1. The Bertz CT molecular complexity index is 1560. The zero-order valence-corrected chi connectivity index (χ0v) is 22.2. The van der Waals surface area contributed by atoms with Gasteiger partial charge in [0.2, 0.25) is 15.9 Å². The van der Waals surface area contributed by atoms with Crippen LogP contribution in [0.2, 0.25) is 5.02 Å². The molecule has 38 heavy (non-hydrogen) atoms. The first-order valence-corrected chi connectivity index (χ1v) is 13.9. The molecule has 0 spiro atoms. The van der Waals surface area contributed by atoms with Crippen molar-refractivity contribution in [2.24, 2.45) is 13.0 Å². The Labute approximate surface area is 223 Å². The number of anilines is 1. The SMILES string of the molecule is Cn1nc(N2CCC(CN3C(=O)CN(S(=O)(=O)c4ccc5c(Cl)c[nH]c5c4)C[C@H]3C(=O)O)CC2)ccc1=O. The number of nitrogens with one attached hydrogen (secondary N) is 1. The second kappa shape index (κ2) is 10.0. The van der Waals surface area contributed by atoms with Crippen LogP contribution >= 0.6 is 11.6 Å². The maximum absolute atomic E-state index is 13.3. The van der Waals surface area contributed by atoms with Gasteiger partial charge in [0.25, 0.3) is 5.56 Å². The molecule has 2 N–H and O–H groups in total. The first kappa shape index (κ1) is 26.2. The number of nitrogens with zero attached hydrogens (tertiary/aromatic N) is 5. The summed E-state index contributed by atoms with van der Waals surface area (Å²) in [6.45, 7) is 0.734. The molecule has 2 aliphatic rings. The lowest BCUT2D eigenvalue weighted by atomic mass is 9.95. The standard InChI is InChI=1S/C24H27ClN6O6S/c1-28-22(32)5-4-21(27-28)29-8-6-15(7-9-29)12-31-20(24(34)35)13-30(14-23(31)33)38(36,37)16-2-3-17-18(25)11-26-19(17)10-16/h2-5,10-11,15,20,26H,6-9,12-14H2,1H3,(H,34,35)/t20-/m0/s1. The van der Waals surface area contributed by atoms with Gasteiger partial charge in [-0.15, -0.1) is 0 Å². The van der Waals surface area contributed by atoms with E-state index in [1.807, 2.05) is 4.90 Å². The van der Waals surface area contributed by atoms with Crippen molar-refractivity contribution in [3.05, 3.63) is 51.9 Å². The maximum Gasteiger partial charge on any atom is 0.327 e. The number of fused-ring (bicyclic) bond motifs is 1. The first-order valence-electron chi connectivity index (χ1n) is 12.1. The molecule has 2 saturated heterocycles. The summed E-state index contributed by atoms with van der Waals surface area (Å²) in [5.74, 6) is -1.06. The Kier molecular flexibility index (Phi) is 6.92. The van der Waals surface area contributed by atoms with Crippen molar-refractivity contribution in [2.45, 2.75) is 23.8 Å². The van der Waals surface area contributed by atoms with E-state index in [1.165, 1.54) is 27.8 Å². The highest BCUT2D eigenvalue weighted by molar-refractivity contribution is 7.89. The molecular weight excluding hydrogens is 536 g/mol. The lowest BCUT2D eigenvalue weighted by Crippen LogP contribution is -2.61. The number of hydrogen-bond acceptors (Lipinski definition) is 7. The number of benzene rings is 1. The molecule has 0 aliphatic carbocycles. The molecule has 2 aromatic heterocycles. The number of aryl methyl sites for hydroxylation is 1. The van der Waals surface area contributed by atoms with Crippen LogP contribution in [-0.2, 0) is 26.7 Å². The number of rotatable bonds is 6. The van der Waals surface area contributed by atoms with Crippen LogP contribution in [-0.4, -0.2) is 88.1 Å². The molecule has 0 saturated carbocycles. The van der Waals surface area contributed by atoms with E-state index in [9.17, 15) is 27.9 Å². The monoisotopic (exact) mass is 562 g/mol. The van der Waals surface area contributed by atoms with Crippen molar-refractivity contribution in [1.29, 1.82) is 0 Å². The molecule has 1 atom stereocenters. The Morgan fingerprint density at radius 3 is 2.61 bits per heavy atom. The number of halogens is 1. The molecule has 4 heterocycles. The van der Waals surface area contributed by atoms with Crippen molar-refractivity contribution < 1.29 is 23.1 Å². The van der Waals surface area contributed by atoms with Gasteiger partial charge >= 0.3 is 5.97 Å². The summed E-state index contributed by atoms with van der Waals surface area (Å²) in [5.41, 5.74) is 0.326. The van der Waals surface area contributed by atoms with Gasteiger partial charge in [-0.3, -0.25) is 9.59 Å². The van der Waals surface area contributed by atoms with Crippen molar-refractivity contribution in [3.63, 3.8) is 0 Å². The van der Waals surface area contributed by atoms with E-state index in [1.54, 1.807) is 25.4 Å². The van der Waals surface area contributed by atoms with Crippen LogP contribution < -0.4 is 10.5 Å². The molecule has 0 unspecified atom stereocenters. The molecule has 2 fully saturated rings. The van der Waals surface area contributed by atoms with Gasteiger partial charge in [-0.1, -0.05) is 11.6 Å². The normalized spacial score (nSPS) is 19.8. The van der Waals surface area contributed by atoms with Gasteiger partial charge in [-0.05, 0) is 43.0 Å². The number of sulfonamides is 1. The fourth-order valence-corrected chi connectivity index (χ4v) is 6.70. The molecule has 3 aromatic rings. The highest BCUT2D eigenvalue weighted by Crippen LogP contribution is 2.29. The summed E-state index contributed by atoms with van der Waals surface area (Å²) >= 11 is 6.08. The minimum absolute atomic E-state index is 0.0479. The predicted octanol–water partition coefficient (Wildman–Crippen LogP) is 1.12. The van der Waals surface area contributed by atoms with Gasteiger partial charge in [-0.25, -0.2) is 17.9 Å². The van der Waals surface area contributed by atoms with E-state index in [0.717, 1.165) is 4.31 Å². The van der Waals surface area contributed by atoms with Gasteiger partial charge in [0.1, 0.15) is 11.9 Å². The zero-order chi connectivity index (χ0) is 27.2. The Morgan fingerprint density at radius 2 is 1.92 bits per heavy atom. The number of carbonyl (C=O) groups is 2. The van der Waals surface area contributed by atoms with Gasteiger partial charge in [-0.2, -0.15) is 9.40 Å². The van der Waals surface area contributed by atoms with E-state index in [0.29, 0.717) is 47.7 Å². The molecule has 2 aliphatic heterocycles. The zero-order valence-electron chi connectivity index (χ0n) is 20.6. The molecule has 14 heteroatoms. The van der Waals surface area contributed by atoms with E-state index in [-0.39, 0.29) is 29.5 Å². The number of carboxylic acid groups (broad SMARTS) is 1. The second-order valence-corrected chi connectivity index (χ2v) is 12.0. The Morgan fingerprint density at radius 1 is 1.18 bits per heavy atom. The molecule has 5 rings (SSSR count). The topological polar surface area (TPSA) is 149 Å². The summed E-state index contributed by atoms with van der Waals surface area (Å²) in [6.07, 6.45) is 2.94. The molecule has 0 radical (unpaired) electrons. The highest BCUT2D eigenvalue weighted by atomic mass is 35.5. The summed E-state index contributed by atoms with van der Waals surface area (Å²) in [7, 11) is -2.54. The summed E-state index contributed by atoms with van der Waals surface area (Å²) < 4.78 is 28.9. The van der Waals surface area contributed by atoms with Gasteiger partial charge in [0.05, 0.1) is 16.5 Å². The Hall–Kier alpha value is -3.42. The minimum Gasteiger partial charge on any atom is -0.480 e. The number of piperidine rings is 1. The predicted molar refractivity (Wildman–Crippen MR) is 140 cm³/mol. The summed E-state index contributed by atoms with van der Waals surface area (Å²) in [6, 6.07) is 6.24. The molecular formula is C24H27ClN6O6S. The minimum atomic E-state index is -4.12. The van der Waals surface area contributed by atoms with E-state index in [2.05, 4.69) is 10.1 Å². The van der Waals surface area contributed by atoms with Crippen molar-refractivity contribution >= 4 is 50.2 Å². The average Bonchev–Trinajstić information content (AvgIpc) is 3.27. The second-order valence-electron chi connectivity index (χ2n) is 9.63. The number of aromatic nitrogens is 3. The number of carboxylic acids is 1. The van der Waals surface area contributed by atoms with Crippen LogP contribution in [0.3, 0.4) is 0 Å². The third-order valence-corrected chi connectivity index (χ3v) is 9.37. The first-order chi connectivity index (χ1) is 18.0. The molecule has 1 amide bonds. The van der Waals surface area contributed by atoms with Crippen LogP contribution in [0.1, 0.15) is 12.8 Å². The largest absolute Gasteiger partial charge is 0.480 e. The maximum atomic E-state index is 13.3. The molecule has 0 bridgehead atoms. The van der Waals surface area contributed by atoms with Crippen LogP contribution in [0, 0.1) is 5.92 Å². The third-order valence-electron chi connectivity index (χ3n) is 7.25. The fraction of sp³-hybridized carbons (Fsp3) is 0.417. The van der Waals surface area contributed by atoms with E-state index < -0.39 is 34.5 Å². The number of aliphatic carboxylic acids is 1. The van der Waals surface area contributed by atoms with Crippen LogP contribution in [0.15, 0.2) is 46.2 Å². The van der Waals surface area contributed by atoms with Crippen LogP contribution in [0.25, 0.3) is 10.9 Å². The Balaban J connectivity index is 1.27. The number of hydrogen-bond donors (Lipinski definition) is 2. The number of piperazine rings is 1. The van der Waals surface area contributed by atoms with Gasteiger partial charge in [0.15, 0.2) is 0 Å². The summed E-state index contributed by atoms with van der Waals surface area (Å²) in [4.78, 5) is 43.1. The highest BCUT2D eigenvalue weighted by Gasteiger charge is 2.43. The molecule has 12 nitrogen and oxygen atoms in total. The van der Waals surface area contributed by atoms with Crippen LogP contribution in [0.4, 0.5) is 5.82 Å². The van der Waals surface area contributed by atoms with E-state index in [4.69, 9.17) is 11.6 Å². The number of H-pyrrole nitrogens is 1. The lowest BCUT2D eigenvalue weighted by Gasteiger charge is -2.41. The number of aromatic amines is 1.